The van der Waals surface area contributed by atoms with Crippen LogP contribution >= 0.6 is 12.2 Å². The van der Waals surface area contributed by atoms with Crippen molar-refractivity contribution in [3.05, 3.63) is 118 Å². The van der Waals surface area contributed by atoms with Gasteiger partial charge in [-0.1, -0.05) is 67.9 Å². The normalized spacial score (nSPS) is 19.3. The molecule has 0 spiro atoms. The molecule has 1 saturated carbocycles. The average molecular weight is 887 g/mol. The maximum Gasteiger partial charge on any atom is 0.174 e. The average Bonchev–Trinajstić information content (AvgIpc) is 4.13. The standard InChI is InChI=1S/C11H16N2S.3C11H16N2.C4H6O4.2CH4/c1-8-2-4-9(5-3-8)6-10-7-12-11(14)13-10;3*1-9-2-4-10(5-3-9)6-11-7-12-8-13-11;1-2-3-4-6-8-7-5;;/h2,7,9H,3-6H2,1H3,(H2,12,13,14);2*2,7-8,10H,3-6H2,1H3,(H,12,13);7-8,10H,1-6H2,(H,12,13);5H,4H2,1H3;2*1H4. The van der Waals surface area contributed by atoms with Gasteiger partial charge in [0.1, 0.15) is 6.61 Å². The summed E-state index contributed by atoms with van der Waals surface area (Å²) in [6, 6.07) is 0. The Labute approximate surface area is 383 Å². The Hall–Kier alpha value is -4.58. The molecule has 13 heteroatoms. The van der Waals surface area contributed by atoms with Crippen LogP contribution in [0.3, 0.4) is 0 Å². The highest BCUT2D eigenvalue weighted by molar-refractivity contribution is 7.71. The van der Waals surface area contributed by atoms with E-state index in [4.69, 9.17) is 17.5 Å². The molecule has 63 heavy (non-hydrogen) atoms. The molecule has 0 aromatic carbocycles. The first-order valence-electron chi connectivity index (χ1n) is 22.0. The quantitative estimate of drug-likeness (QED) is 0.0216. The number of hydrogen-bond acceptors (Lipinski definition) is 8. The topological polar surface area (TPSA) is 166 Å². The van der Waals surface area contributed by atoms with Crippen LogP contribution in [0.25, 0.3) is 0 Å². The molecule has 6 N–H and O–H groups in total. The summed E-state index contributed by atoms with van der Waals surface area (Å²) in [6.45, 7) is 12.4. The van der Waals surface area contributed by atoms with Gasteiger partial charge in [0.25, 0.3) is 0 Å². The molecule has 0 radical (unpaired) electrons. The monoisotopic (exact) mass is 887 g/mol. The molecule has 0 saturated heterocycles. The van der Waals surface area contributed by atoms with Gasteiger partial charge in [0.15, 0.2) is 4.77 Å². The summed E-state index contributed by atoms with van der Waals surface area (Å²) in [4.78, 5) is 31.8. The second kappa shape index (κ2) is 32.1. The summed E-state index contributed by atoms with van der Waals surface area (Å²) in [5.74, 6) is 8.31. The number of allylic oxidation sites excluding steroid dienone is 7. The molecule has 4 aromatic heterocycles. The van der Waals surface area contributed by atoms with Crippen molar-refractivity contribution in [2.75, 3.05) is 6.61 Å². The van der Waals surface area contributed by atoms with E-state index < -0.39 is 0 Å². The number of nitrogens with one attached hydrogen (secondary N) is 5. The van der Waals surface area contributed by atoms with Crippen LogP contribution in [-0.2, 0) is 40.6 Å². The number of imidazole rings is 4. The lowest BCUT2D eigenvalue weighted by atomic mass is 9.84. The molecule has 12 nitrogen and oxygen atoms in total. The van der Waals surface area contributed by atoms with E-state index in [9.17, 15) is 0 Å². The SMILES string of the molecule is C.C.C=C1CCC(Cc2cnc[nH]2)CC1.CC#CCOOOO.CC1=CCC(Cc2c[nH]c(=S)[nH]2)CC1.CC1=CCC(Cc2cnc[nH]2)CC1.CC1=CCC(Cc2cnc[nH]2)CC1. The van der Waals surface area contributed by atoms with Crippen molar-refractivity contribution in [2.24, 2.45) is 23.7 Å². The second-order valence-corrected chi connectivity index (χ2v) is 17.3. The van der Waals surface area contributed by atoms with Crippen molar-refractivity contribution in [1.82, 2.24) is 39.9 Å². The van der Waals surface area contributed by atoms with Gasteiger partial charge in [-0.3, -0.25) is 0 Å². The zero-order valence-electron chi connectivity index (χ0n) is 36.9. The van der Waals surface area contributed by atoms with Crippen molar-refractivity contribution < 1.29 is 20.2 Å². The predicted octanol–water partition coefficient (Wildman–Crippen LogP) is 13.1. The van der Waals surface area contributed by atoms with Gasteiger partial charge >= 0.3 is 0 Å². The Kier molecular flexibility index (Phi) is 27.8. The molecule has 4 aliphatic carbocycles. The van der Waals surface area contributed by atoms with Crippen LogP contribution in [0.1, 0.15) is 149 Å². The van der Waals surface area contributed by atoms with Crippen LogP contribution < -0.4 is 0 Å². The fraction of sp³-hybridized carbons (Fsp3) is 0.560. The Morgan fingerprint density at radius 2 is 1.06 bits per heavy atom. The maximum atomic E-state index is 7.47. The first-order chi connectivity index (χ1) is 29.7. The number of hydrogen-bond donors (Lipinski definition) is 6. The van der Waals surface area contributed by atoms with E-state index in [2.05, 4.69) is 112 Å². The van der Waals surface area contributed by atoms with Crippen molar-refractivity contribution in [3.63, 3.8) is 0 Å². The van der Waals surface area contributed by atoms with Crippen LogP contribution in [0.15, 0.2) is 90.9 Å². The summed E-state index contributed by atoms with van der Waals surface area (Å²) >= 11 is 5.00. The van der Waals surface area contributed by atoms with Gasteiger partial charge in [0.2, 0.25) is 0 Å². The summed E-state index contributed by atoms with van der Waals surface area (Å²) in [6.07, 6.45) is 41.4. The van der Waals surface area contributed by atoms with Gasteiger partial charge in [0, 0.05) is 47.6 Å². The number of H-pyrrole nitrogens is 5. The highest BCUT2D eigenvalue weighted by Crippen LogP contribution is 2.30. The van der Waals surface area contributed by atoms with E-state index in [0.29, 0.717) is 0 Å². The Morgan fingerprint density at radius 3 is 1.40 bits per heavy atom. The van der Waals surface area contributed by atoms with Crippen molar-refractivity contribution in [2.45, 2.75) is 152 Å². The number of rotatable bonds is 11. The Bertz CT molecular complexity index is 1910. The molecule has 0 bridgehead atoms. The van der Waals surface area contributed by atoms with Crippen LogP contribution in [0.2, 0.25) is 0 Å². The van der Waals surface area contributed by atoms with Gasteiger partial charge in [0.05, 0.1) is 19.0 Å². The van der Waals surface area contributed by atoms with Gasteiger partial charge in [-0.15, -0.1) is 5.92 Å². The molecule has 4 heterocycles. The third kappa shape index (κ3) is 23.6. The second-order valence-electron chi connectivity index (χ2n) is 16.9. The molecule has 3 unspecified atom stereocenters. The smallest absolute Gasteiger partial charge is 0.174 e. The molecule has 4 aliphatic rings. The van der Waals surface area contributed by atoms with E-state index in [1.54, 1.807) is 42.6 Å². The first-order valence-corrected chi connectivity index (χ1v) is 22.4. The Balaban J connectivity index is 0.000000272. The lowest BCUT2D eigenvalue weighted by Crippen LogP contribution is -2.10. The highest BCUT2D eigenvalue weighted by Gasteiger charge is 2.17. The Morgan fingerprint density at radius 1 is 0.651 bits per heavy atom. The molecule has 0 amide bonds. The van der Waals surface area contributed by atoms with Crippen molar-refractivity contribution in [1.29, 1.82) is 0 Å². The molecule has 8 rings (SSSR count). The minimum Gasteiger partial charge on any atom is -0.348 e. The first kappa shape index (κ1) is 54.6. The van der Waals surface area contributed by atoms with Crippen LogP contribution in [0.5, 0.6) is 0 Å². The molecule has 348 valence electrons. The zero-order valence-corrected chi connectivity index (χ0v) is 37.8. The lowest BCUT2D eigenvalue weighted by molar-refractivity contribution is -0.620. The summed E-state index contributed by atoms with van der Waals surface area (Å²) < 4.78 is 0.738. The van der Waals surface area contributed by atoms with E-state index in [0.717, 1.165) is 54.1 Å². The van der Waals surface area contributed by atoms with Gasteiger partial charge < -0.3 is 24.9 Å². The molecular formula is C50H78N8O4S. The number of nitrogens with zero attached hydrogens (tertiary/aromatic N) is 3. The third-order valence-corrected chi connectivity index (χ3v) is 12.0. The lowest BCUT2D eigenvalue weighted by Gasteiger charge is -2.22. The van der Waals surface area contributed by atoms with Crippen molar-refractivity contribution in [3.8, 4) is 11.8 Å². The largest absolute Gasteiger partial charge is 0.348 e. The summed E-state index contributed by atoms with van der Waals surface area (Å²) in [7, 11) is 0. The van der Waals surface area contributed by atoms with Gasteiger partial charge in [-0.05, 0) is 183 Å². The maximum absolute atomic E-state index is 7.47. The molecule has 0 aliphatic heterocycles. The van der Waals surface area contributed by atoms with E-state index in [-0.39, 0.29) is 21.5 Å². The minimum atomic E-state index is 0. The number of aromatic nitrogens is 8. The summed E-state index contributed by atoms with van der Waals surface area (Å²) in [5.41, 5.74) is 11.2. The van der Waals surface area contributed by atoms with Crippen molar-refractivity contribution >= 4 is 12.2 Å². The number of aromatic amines is 5. The molecule has 3 atom stereocenters. The molecule has 4 aromatic rings. The van der Waals surface area contributed by atoms with Crippen LogP contribution in [0, 0.1) is 40.3 Å². The van der Waals surface area contributed by atoms with Gasteiger partial charge in [-0.2, -0.15) is 4.89 Å². The van der Waals surface area contributed by atoms with E-state index >= 15 is 0 Å². The summed E-state index contributed by atoms with van der Waals surface area (Å²) in [5, 5.41) is 14.2. The van der Waals surface area contributed by atoms with E-state index in [1.807, 2.05) is 24.8 Å². The van der Waals surface area contributed by atoms with E-state index in [1.165, 1.54) is 112 Å². The van der Waals surface area contributed by atoms with Gasteiger partial charge in [-0.25, -0.2) is 20.2 Å². The molecule has 1 fully saturated rings. The highest BCUT2D eigenvalue weighted by atomic mass is 32.1. The third-order valence-electron chi connectivity index (χ3n) is 11.8. The minimum absolute atomic E-state index is 0. The zero-order chi connectivity index (χ0) is 43.5. The van der Waals surface area contributed by atoms with Crippen LogP contribution in [0.4, 0.5) is 0 Å². The van der Waals surface area contributed by atoms with Crippen LogP contribution in [-0.4, -0.2) is 51.7 Å². The molecular weight excluding hydrogens is 809 g/mol. The fourth-order valence-corrected chi connectivity index (χ4v) is 8.16. The fourth-order valence-electron chi connectivity index (χ4n) is 7.97. The predicted molar refractivity (Wildman–Crippen MR) is 259 cm³/mol.